The summed E-state index contributed by atoms with van der Waals surface area (Å²) in [5.41, 5.74) is 1.49. The second-order valence-corrected chi connectivity index (χ2v) is 8.57. The fraction of sp³-hybridized carbons (Fsp3) is 0.167. The van der Waals surface area contributed by atoms with E-state index in [0.717, 1.165) is 10.0 Å². The zero-order chi connectivity index (χ0) is 19.2. The molecule has 140 valence electrons. The molecule has 3 rings (SSSR count). The van der Waals surface area contributed by atoms with Crippen LogP contribution in [0.15, 0.2) is 52.9 Å². The Hall–Kier alpha value is -1.87. The van der Waals surface area contributed by atoms with E-state index in [0.29, 0.717) is 27.0 Å². The molecule has 0 aliphatic heterocycles. The van der Waals surface area contributed by atoms with Crippen molar-refractivity contribution >= 4 is 58.5 Å². The van der Waals surface area contributed by atoms with Gasteiger partial charge in [-0.15, -0.1) is 5.10 Å². The van der Waals surface area contributed by atoms with Crippen LogP contribution in [0, 0.1) is 3.95 Å². The van der Waals surface area contributed by atoms with E-state index in [1.165, 1.54) is 23.1 Å². The molecule has 0 aliphatic carbocycles. The summed E-state index contributed by atoms with van der Waals surface area (Å²) in [4.78, 5) is 12.3. The number of hydrogen-bond donors (Lipinski definition) is 1. The van der Waals surface area contributed by atoms with Gasteiger partial charge in [-0.3, -0.25) is 4.79 Å². The van der Waals surface area contributed by atoms with Crippen LogP contribution in [0.3, 0.4) is 0 Å². The minimum absolute atomic E-state index is 0.133. The molecular formula is C18H16ClN3O2S3. The number of carbonyl (C=O) groups is 1. The number of amides is 1. The topological polar surface area (TPSA) is 56.1 Å². The molecular weight excluding hydrogens is 422 g/mol. The molecule has 1 aromatic heterocycles. The molecule has 2 aromatic carbocycles. The van der Waals surface area contributed by atoms with Gasteiger partial charge in [-0.25, -0.2) is 4.68 Å². The number of thioether (sulfide) groups is 1. The number of aromatic nitrogens is 2. The molecule has 3 aromatic rings. The van der Waals surface area contributed by atoms with Crippen molar-refractivity contribution in [2.45, 2.75) is 11.3 Å². The maximum Gasteiger partial charge on any atom is 0.234 e. The number of benzene rings is 2. The smallest absolute Gasteiger partial charge is 0.234 e. The number of nitrogens with one attached hydrogen (secondary N) is 1. The van der Waals surface area contributed by atoms with Gasteiger partial charge in [0.1, 0.15) is 5.75 Å². The molecule has 1 amide bonds. The summed E-state index contributed by atoms with van der Waals surface area (Å²) in [6, 6.07) is 14.6. The van der Waals surface area contributed by atoms with Gasteiger partial charge in [0.25, 0.3) is 0 Å². The standard InChI is InChI=1S/C18H16ClN3O2S3/c1-2-24-15-6-4-3-5-14(15)20-16(23)11-26-17-21-22(18(25)27-17)13-9-7-12(19)8-10-13/h3-10H,2,11H2,1H3,(H,20,23). The Morgan fingerprint density at radius 3 is 2.78 bits per heavy atom. The molecule has 0 unspecified atom stereocenters. The zero-order valence-electron chi connectivity index (χ0n) is 14.3. The molecule has 1 heterocycles. The fourth-order valence-corrected chi connectivity index (χ4v) is 4.52. The summed E-state index contributed by atoms with van der Waals surface area (Å²) in [6.45, 7) is 2.44. The van der Waals surface area contributed by atoms with Crippen LogP contribution in [0.25, 0.3) is 5.69 Å². The summed E-state index contributed by atoms with van der Waals surface area (Å²) < 4.78 is 8.52. The largest absolute Gasteiger partial charge is 0.492 e. The van der Waals surface area contributed by atoms with Crippen LogP contribution in [-0.4, -0.2) is 28.0 Å². The maximum atomic E-state index is 12.3. The minimum atomic E-state index is -0.133. The number of rotatable bonds is 7. The van der Waals surface area contributed by atoms with Crippen LogP contribution in [0.2, 0.25) is 5.02 Å². The Balaban J connectivity index is 1.64. The molecule has 0 bridgehead atoms. The highest BCUT2D eigenvalue weighted by atomic mass is 35.5. The zero-order valence-corrected chi connectivity index (χ0v) is 17.6. The number of nitrogens with zero attached hydrogens (tertiary/aromatic N) is 2. The lowest BCUT2D eigenvalue weighted by Gasteiger charge is -2.10. The van der Waals surface area contributed by atoms with Crippen molar-refractivity contribution in [2.75, 3.05) is 17.7 Å². The second kappa shape index (κ2) is 9.36. The van der Waals surface area contributed by atoms with Gasteiger partial charge in [0.2, 0.25) is 5.91 Å². The van der Waals surface area contributed by atoms with Gasteiger partial charge in [0.05, 0.1) is 23.7 Å². The van der Waals surface area contributed by atoms with Gasteiger partial charge in [-0.2, -0.15) is 0 Å². The van der Waals surface area contributed by atoms with Crippen molar-refractivity contribution in [2.24, 2.45) is 0 Å². The van der Waals surface area contributed by atoms with Crippen LogP contribution < -0.4 is 10.1 Å². The highest BCUT2D eigenvalue weighted by Gasteiger charge is 2.11. The number of hydrogen-bond acceptors (Lipinski definition) is 6. The van der Waals surface area contributed by atoms with Crippen LogP contribution in [0.4, 0.5) is 5.69 Å². The Morgan fingerprint density at radius 1 is 1.30 bits per heavy atom. The Labute approximate surface area is 175 Å². The fourth-order valence-electron chi connectivity index (χ4n) is 2.23. The van der Waals surface area contributed by atoms with E-state index in [2.05, 4.69) is 10.4 Å². The first-order valence-corrected chi connectivity index (χ1v) is 10.7. The lowest BCUT2D eigenvalue weighted by molar-refractivity contribution is -0.113. The van der Waals surface area contributed by atoms with Crippen LogP contribution in [-0.2, 0) is 4.79 Å². The first-order valence-electron chi connectivity index (χ1n) is 8.07. The highest BCUT2D eigenvalue weighted by Crippen LogP contribution is 2.26. The molecule has 9 heteroatoms. The minimum Gasteiger partial charge on any atom is -0.492 e. The van der Waals surface area contributed by atoms with E-state index in [4.69, 9.17) is 28.6 Å². The molecule has 0 fully saturated rings. The first kappa shape index (κ1) is 19.9. The van der Waals surface area contributed by atoms with Gasteiger partial charge >= 0.3 is 0 Å². The lowest BCUT2D eigenvalue weighted by atomic mass is 10.3. The quantitative estimate of drug-likeness (QED) is 0.393. The van der Waals surface area contributed by atoms with E-state index in [-0.39, 0.29) is 11.7 Å². The predicted molar refractivity (Wildman–Crippen MR) is 114 cm³/mol. The Bertz CT molecular complexity index is 986. The molecule has 0 saturated heterocycles. The molecule has 0 saturated carbocycles. The van der Waals surface area contributed by atoms with Crippen molar-refractivity contribution in [3.8, 4) is 11.4 Å². The predicted octanol–water partition coefficient (Wildman–Crippen LogP) is 5.45. The summed E-state index contributed by atoms with van der Waals surface area (Å²) in [6.07, 6.45) is 0. The monoisotopic (exact) mass is 437 g/mol. The van der Waals surface area contributed by atoms with Gasteiger partial charge < -0.3 is 10.1 Å². The van der Waals surface area contributed by atoms with Gasteiger partial charge in [0.15, 0.2) is 8.29 Å². The highest BCUT2D eigenvalue weighted by molar-refractivity contribution is 8.01. The first-order chi connectivity index (χ1) is 13.1. The van der Waals surface area contributed by atoms with E-state index in [1.807, 2.05) is 43.3 Å². The van der Waals surface area contributed by atoms with Gasteiger partial charge in [-0.1, -0.05) is 46.8 Å². The third-order valence-electron chi connectivity index (χ3n) is 3.39. The number of carbonyl (C=O) groups excluding carboxylic acids is 1. The van der Waals surface area contributed by atoms with Crippen molar-refractivity contribution in [1.29, 1.82) is 0 Å². The molecule has 0 aliphatic rings. The van der Waals surface area contributed by atoms with Gasteiger partial charge in [-0.05, 0) is 55.5 Å². The van der Waals surface area contributed by atoms with E-state index in [1.54, 1.807) is 16.8 Å². The molecule has 5 nitrogen and oxygen atoms in total. The van der Waals surface area contributed by atoms with Crippen molar-refractivity contribution in [3.05, 3.63) is 57.5 Å². The molecule has 0 atom stereocenters. The Morgan fingerprint density at radius 2 is 2.04 bits per heavy atom. The van der Waals surface area contributed by atoms with E-state index < -0.39 is 0 Å². The number of ether oxygens (including phenoxy) is 1. The lowest BCUT2D eigenvalue weighted by Crippen LogP contribution is -2.14. The number of halogens is 1. The SMILES string of the molecule is CCOc1ccccc1NC(=O)CSc1nn(-c2ccc(Cl)cc2)c(=S)s1. The summed E-state index contributed by atoms with van der Waals surface area (Å²) in [5, 5.41) is 8.00. The normalized spacial score (nSPS) is 10.6. The average Bonchev–Trinajstić information content (AvgIpc) is 3.03. The van der Waals surface area contributed by atoms with Crippen LogP contribution in [0.5, 0.6) is 5.75 Å². The van der Waals surface area contributed by atoms with Gasteiger partial charge in [0, 0.05) is 5.02 Å². The van der Waals surface area contributed by atoms with Crippen LogP contribution >= 0.6 is 46.9 Å². The summed E-state index contributed by atoms with van der Waals surface area (Å²) in [5.74, 6) is 0.746. The van der Waals surface area contributed by atoms with Crippen molar-refractivity contribution < 1.29 is 9.53 Å². The van der Waals surface area contributed by atoms with Crippen molar-refractivity contribution in [3.63, 3.8) is 0 Å². The molecule has 0 radical (unpaired) electrons. The van der Waals surface area contributed by atoms with E-state index in [9.17, 15) is 4.79 Å². The summed E-state index contributed by atoms with van der Waals surface area (Å²) in [7, 11) is 0. The molecule has 0 spiro atoms. The van der Waals surface area contributed by atoms with E-state index >= 15 is 0 Å². The maximum absolute atomic E-state index is 12.3. The Kier molecular flexibility index (Phi) is 6.89. The third-order valence-corrected chi connectivity index (χ3v) is 6.01. The van der Waals surface area contributed by atoms with Crippen molar-refractivity contribution in [1.82, 2.24) is 9.78 Å². The molecule has 1 N–H and O–H groups in total. The second-order valence-electron chi connectivity index (χ2n) is 5.29. The third kappa shape index (κ3) is 5.32. The molecule has 27 heavy (non-hydrogen) atoms. The number of para-hydroxylation sites is 2. The average molecular weight is 438 g/mol. The summed E-state index contributed by atoms with van der Waals surface area (Å²) >= 11 is 14.0. The number of anilines is 1. The van der Waals surface area contributed by atoms with Crippen LogP contribution in [0.1, 0.15) is 6.92 Å².